The Bertz CT molecular complexity index is 1010. The van der Waals surface area contributed by atoms with Gasteiger partial charge in [-0.15, -0.1) is 5.10 Å². The summed E-state index contributed by atoms with van der Waals surface area (Å²) < 4.78 is 7.10. The van der Waals surface area contributed by atoms with Gasteiger partial charge in [-0.3, -0.25) is 19.7 Å². The highest BCUT2D eigenvalue weighted by Crippen LogP contribution is 2.29. The molecule has 1 aromatic heterocycles. The van der Waals surface area contributed by atoms with Crippen molar-refractivity contribution in [3.63, 3.8) is 0 Å². The number of amides is 3. The Labute approximate surface area is 173 Å². The minimum Gasteiger partial charge on any atom is -0.381 e. The summed E-state index contributed by atoms with van der Waals surface area (Å²) in [4.78, 5) is 38.1. The highest BCUT2D eigenvalue weighted by atomic mass is 16.5. The van der Waals surface area contributed by atoms with Gasteiger partial charge < -0.3 is 9.64 Å². The van der Waals surface area contributed by atoms with Crippen molar-refractivity contribution in [3.8, 4) is 5.69 Å². The normalized spacial score (nSPS) is 22.3. The number of piperidine rings is 1. The second-order valence-electron chi connectivity index (χ2n) is 8.16. The zero-order valence-corrected chi connectivity index (χ0v) is 16.5. The minimum absolute atomic E-state index is 0.191. The fraction of sp³-hybridized carbons (Fsp3) is 0.476. The Morgan fingerprint density at radius 3 is 2.77 bits per heavy atom. The summed E-state index contributed by atoms with van der Waals surface area (Å²) in [6.07, 6.45) is 5.46. The summed E-state index contributed by atoms with van der Waals surface area (Å²) in [6.45, 7) is 1.97. The molecule has 1 N–H and O–H groups in total. The van der Waals surface area contributed by atoms with Crippen LogP contribution in [0.5, 0.6) is 0 Å². The molecule has 1 aromatic carbocycles. The van der Waals surface area contributed by atoms with E-state index in [4.69, 9.17) is 4.74 Å². The van der Waals surface area contributed by atoms with E-state index in [9.17, 15) is 14.4 Å². The van der Waals surface area contributed by atoms with Crippen LogP contribution in [0.2, 0.25) is 0 Å². The second kappa shape index (κ2) is 7.64. The van der Waals surface area contributed by atoms with E-state index in [1.807, 2.05) is 18.3 Å². The van der Waals surface area contributed by atoms with Gasteiger partial charge in [-0.25, -0.2) is 4.68 Å². The van der Waals surface area contributed by atoms with Gasteiger partial charge in [0.25, 0.3) is 5.91 Å². The molecule has 1 unspecified atom stereocenters. The smallest absolute Gasteiger partial charge is 0.255 e. The first kappa shape index (κ1) is 18.9. The summed E-state index contributed by atoms with van der Waals surface area (Å²) in [6, 6.07) is 5.00. The molecule has 0 bridgehead atoms. The number of aromatic nitrogens is 3. The molecule has 0 radical (unpaired) electrons. The van der Waals surface area contributed by atoms with Crippen LogP contribution >= 0.6 is 0 Å². The van der Waals surface area contributed by atoms with Crippen LogP contribution in [0.3, 0.4) is 0 Å². The Hall–Kier alpha value is -3.07. The monoisotopic (exact) mass is 409 g/mol. The van der Waals surface area contributed by atoms with Gasteiger partial charge >= 0.3 is 0 Å². The molecule has 5 rings (SSSR count). The molecule has 2 fully saturated rings. The third-order valence-electron chi connectivity index (χ3n) is 6.16. The number of hydrogen-bond acceptors (Lipinski definition) is 6. The predicted octanol–water partition coefficient (Wildman–Crippen LogP) is 0.997. The number of benzene rings is 1. The summed E-state index contributed by atoms with van der Waals surface area (Å²) in [5.74, 6) is -0.316. The van der Waals surface area contributed by atoms with E-state index < -0.39 is 11.9 Å². The molecule has 30 heavy (non-hydrogen) atoms. The molecular weight excluding hydrogens is 386 g/mol. The first-order chi connectivity index (χ1) is 14.6. The average Bonchev–Trinajstić information content (AvgIpc) is 3.33. The van der Waals surface area contributed by atoms with Crippen molar-refractivity contribution in [1.82, 2.24) is 25.2 Å². The SMILES string of the molecule is O=C1CCC(N2Cc3ccc(-n4cc(CC5CCOCC5)nn4)cc3C2=O)C(=O)N1. The van der Waals surface area contributed by atoms with Crippen LogP contribution in [0.25, 0.3) is 5.69 Å². The molecule has 1 atom stereocenters. The number of rotatable bonds is 4. The molecule has 0 spiro atoms. The number of nitrogens with zero attached hydrogens (tertiary/aromatic N) is 4. The number of carbonyl (C=O) groups is 3. The lowest BCUT2D eigenvalue weighted by Gasteiger charge is -2.29. The van der Waals surface area contributed by atoms with Crippen molar-refractivity contribution in [2.24, 2.45) is 5.92 Å². The van der Waals surface area contributed by atoms with Crippen molar-refractivity contribution in [2.45, 2.75) is 44.7 Å². The fourth-order valence-electron chi connectivity index (χ4n) is 4.45. The standard InChI is InChI=1S/C21H23N5O4/c27-19-4-3-18(20(28)22-19)25-11-14-1-2-16(10-17(14)21(25)29)26-12-15(23-24-26)9-13-5-7-30-8-6-13/h1-2,10,12-13,18H,3-9,11H2,(H,22,27,28). The quantitative estimate of drug-likeness (QED) is 0.755. The van der Waals surface area contributed by atoms with Gasteiger partial charge in [-0.2, -0.15) is 0 Å². The lowest BCUT2D eigenvalue weighted by atomic mass is 9.95. The van der Waals surface area contributed by atoms with Gasteiger partial charge in [0.1, 0.15) is 6.04 Å². The van der Waals surface area contributed by atoms with Crippen molar-refractivity contribution in [1.29, 1.82) is 0 Å². The van der Waals surface area contributed by atoms with Crippen LogP contribution in [0.4, 0.5) is 0 Å². The number of carbonyl (C=O) groups excluding carboxylic acids is 3. The molecule has 4 heterocycles. The molecule has 156 valence electrons. The maximum Gasteiger partial charge on any atom is 0.255 e. The minimum atomic E-state index is -0.608. The van der Waals surface area contributed by atoms with E-state index >= 15 is 0 Å². The van der Waals surface area contributed by atoms with Gasteiger partial charge in [-0.1, -0.05) is 11.3 Å². The summed E-state index contributed by atoms with van der Waals surface area (Å²) >= 11 is 0. The molecule has 9 nitrogen and oxygen atoms in total. The highest BCUT2D eigenvalue weighted by molar-refractivity contribution is 6.05. The largest absolute Gasteiger partial charge is 0.381 e. The summed E-state index contributed by atoms with van der Waals surface area (Å²) in [5.41, 5.74) is 3.13. The maximum atomic E-state index is 13.0. The topological polar surface area (TPSA) is 106 Å². The number of hydrogen-bond donors (Lipinski definition) is 1. The molecule has 3 aliphatic rings. The first-order valence-electron chi connectivity index (χ1n) is 10.4. The summed E-state index contributed by atoms with van der Waals surface area (Å²) in [7, 11) is 0. The number of nitrogens with one attached hydrogen (secondary N) is 1. The average molecular weight is 409 g/mol. The van der Waals surface area contributed by atoms with Crippen LogP contribution in [-0.2, 0) is 27.3 Å². The molecule has 3 aliphatic heterocycles. The van der Waals surface area contributed by atoms with Crippen molar-refractivity contribution < 1.29 is 19.1 Å². The lowest BCUT2D eigenvalue weighted by molar-refractivity contribution is -0.136. The van der Waals surface area contributed by atoms with Gasteiger partial charge in [0.05, 0.1) is 17.6 Å². The van der Waals surface area contributed by atoms with Crippen LogP contribution in [0, 0.1) is 5.92 Å². The lowest BCUT2D eigenvalue weighted by Crippen LogP contribution is -2.52. The highest BCUT2D eigenvalue weighted by Gasteiger charge is 2.39. The maximum absolute atomic E-state index is 13.0. The first-order valence-corrected chi connectivity index (χ1v) is 10.4. The third kappa shape index (κ3) is 3.49. The van der Waals surface area contributed by atoms with Crippen LogP contribution in [-0.4, -0.2) is 56.9 Å². The molecule has 2 saturated heterocycles. The van der Waals surface area contributed by atoms with E-state index in [1.54, 1.807) is 15.6 Å². The molecule has 0 aliphatic carbocycles. The van der Waals surface area contributed by atoms with E-state index in [2.05, 4.69) is 15.6 Å². The van der Waals surface area contributed by atoms with Crippen molar-refractivity contribution in [3.05, 3.63) is 41.2 Å². The fourth-order valence-corrected chi connectivity index (χ4v) is 4.45. The van der Waals surface area contributed by atoms with Crippen LogP contribution in [0.15, 0.2) is 24.4 Å². The molecular formula is C21H23N5O4. The summed E-state index contributed by atoms with van der Waals surface area (Å²) in [5, 5.41) is 10.9. The molecule has 9 heteroatoms. The van der Waals surface area contributed by atoms with Crippen LogP contribution in [0.1, 0.15) is 47.3 Å². The number of ether oxygens (including phenoxy) is 1. The molecule has 3 amide bonds. The van der Waals surface area contributed by atoms with E-state index in [0.717, 1.165) is 49.4 Å². The van der Waals surface area contributed by atoms with Crippen molar-refractivity contribution >= 4 is 17.7 Å². The van der Waals surface area contributed by atoms with Crippen molar-refractivity contribution in [2.75, 3.05) is 13.2 Å². The van der Waals surface area contributed by atoms with Crippen LogP contribution < -0.4 is 5.32 Å². The Kier molecular flexibility index (Phi) is 4.82. The van der Waals surface area contributed by atoms with Gasteiger partial charge in [0.2, 0.25) is 11.8 Å². The second-order valence-corrected chi connectivity index (χ2v) is 8.16. The van der Waals surface area contributed by atoms with E-state index in [1.165, 1.54) is 0 Å². The number of fused-ring (bicyclic) bond motifs is 1. The van der Waals surface area contributed by atoms with Gasteiger partial charge in [0.15, 0.2) is 0 Å². The zero-order chi connectivity index (χ0) is 20.7. The zero-order valence-electron chi connectivity index (χ0n) is 16.5. The Morgan fingerprint density at radius 1 is 1.13 bits per heavy atom. The Balaban J connectivity index is 1.32. The molecule has 2 aromatic rings. The predicted molar refractivity (Wildman–Crippen MR) is 105 cm³/mol. The number of imide groups is 1. The van der Waals surface area contributed by atoms with E-state index in [-0.39, 0.29) is 18.2 Å². The molecule has 0 saturated carbocycles. The Morgan fingerprint density at radius 2 is 1.97 bits per heavy atom. The van der Waals surface area contributed by atoms with Gasteiger partial charge in [-0.05, 0) is 49.3 Å². The van der Waals surface area contributed by atoms with Gasteiger partial charge in [0, 0.05) is 31.7 Å². The van der Waals surface area contributed by atoms with E-state index in [0.29, 0.717) is 24.4 Å². The third-order valence-corrected chi connectivity index (χ3v) is 6.16.